The highest BCUT2D eigenvalue weighted by Crippen LogP contribution is 2.26. The summed E-state index contributed by atoms with van der Waals surface area (Å²) in [6, 6.07) is 12.3. The normalized spacial score (nSPS) is 10.7. The topological polar surface area (TPSA) is 50.9 Å². The lowest BCUT2D eigenvalue weighted by Gasteiger charge is -2.14. The summed E-state index contributed by atoms with van der Waals surface area (Å²) in [5.41, 5.74) is 9.00. The van der Waals surface area contributed by atoms with E-state index in [9.17, 15) is 0 Å². The molecule has 0 amide bonds. The summed E-state index contributed by atoms with van der Waals surface area (Å²) in [5, 5.41) is 3.35. The number of hydrogen-bond acceptors (Lipinski definition) is 3. The summed E-state index contributed by atoms with van der Waals surface area (Å²) in [4.78, 5) is 4.35. The van der Waals surface area contributed by atoms with E-state index in [-0.39, 0.29) is 0 Å². The van der Waals surface area contributed by atoms with Crippen molar-refractivity contribution in [2.45, 2.75) is 26.3 Å². The second kappa shape index (κ2) is 5.65. The number of hydrogen-bond donors (Lipinski definition) is 2. The quantitative estimate of drug-likeness (QED) is 0.862. The molecule has 0 saturated heterocycles. The Kier molecular flexibility index (Phi) is 3.95. The number of nitrogens with one attached hydrogen (secondary N) is 1. The van der Waals surface area contributed by atoms with Gasteiger partial charge in [-0.1, -0.05) is 38.1 Å². The van der Waals surface area contributed by atoms with Crippen LogP contribution in [0.15, 0.2) is 42.6 Å². The summed E-state index contributed by atoms with van der Waals surface area (Å²) in [5.74, 6) is 1.33. The van der Waals surface area contributed by atoms with Gasteiger partial charge in [0.25, 0.3) is 0 Å². The molecule has 2 rings (SSSR count). The molecule has 18 heavy (non-hydrogen) atoms. The predicted octanol–water partition coefficient (Wildman–Crippen LogP) is 3.41. The second-order valence-corrected chi connectivity index (χ2v) is 4.62. The first-order chi connectivity index (χ1) is 8.70. The Morgan fingerprint density at radius 1 is 1.17 bits per heavy atom. The van der Waals surface area contributed by atoms with Gasteiger partial charge < -0.3 is 11.1 Å². The molecular weight excluding hydrogens is 222 g/mol. The van der Waals surface area contributed by atoms with Crippen LogP contribution in [0.25, 0.3) is 0 Å². The van der Waals surface area contributed by atoms with Crippen molar-refractivity contribution in [1.29, 1.82) is 0 Å². The minimum atomic E-state index is 0.483. The molecule has 0 saturated carbocycles. The standard InChI is InChI=1S/C15H19N3/c1-11(2)13-5-3-4-6-14(13)18-15-8-7-12(9-16)10-17-15/h3-8,10-11H,9,16H2,1-2H3,(H,17,18). The SMILES string of the molecule is CC(C)c1ccccc1Nc1ccc(CN)cn1. The van der Waals surface area contributed by atoms with Gasteiger partial charge in [0.15, 0.2) is 0 Å². The minimum Gasteiger partial charge on any atom is -0.340 e. The lowest BCUT2D eigenvalue weighted by Crippen LogP contribution is -2.01. The Balaban J connectivity index is 2.22. The van der Waals surface area contributed by atoms with Gasteiger partial charge in [0.2, 0.25) is 0 Å². The first-order valence-electron chi connectivity index (χ1n) is 6.21. The molecule has 1 aromatic carbocycles. The van der Waals surface area contributed by atoms with Gasteiger partial charge in [-0.3, -0.25) is 0 Å². The van der Waals surface area contributed by atoms with Crippen LogP contribution in [0.1, 0.15) is 30.9 Å². The van der Waals surface area contributed by atoms with E-state index in [0.717, 1.165) is 17.1 Å². The van der Waals surface area contributed by atoms with Crippen molar-refractivity contribution in [2.75, 3.05) is 5.32 Å². The van der Waals surface area contributed by atoms with Gasteiger partial charge in [0.05, 0.1) is 0 Å². The van der Waals surface area contributed by atoms with Gasteiger partial charge >= 0.3 is 0 Å². The third-order valence-electron chi connectivity index (χ3n) is 2.91. The van der Waals surface area contributed by atoms with E-state index < -0.39 is 0 Å². The Morgan fingerprint density at radius 2 is 1.94 bits per heavy atom. The van der Waals surface area contributed by atoms with Crippen LogP contribution in [0.4, 0.5) is 11.5 Å². The molecule has 3 N–H and O–H groups in total. The second-order valence-electron chi connectivity index (χ2n) is 4.62. The summed E-state index contributed by atoms with van der Waals surface area (Å²) in [6.45, 7) is 4.90. The first kappa shape index (κ1) is 12.6. The number of pyridine rings is 1. The highest BCUT2D eigenvalue weighted by Gasteiger charge is 2.06. The number of anilines is 2. The van der Waals surface area contributed by atoms with Crippen LogP contribution in [0.5, 0.6) is 0 Å². The molecule has 3 nitrogen and oxygen atoms in total. The Morgan fingerprint density at radius 3 is 2.56 bits per heavy atom. The number of rotatable bonds is 4. The van der Waals surface area contributed by atoms with Crippen LogP contribution in [-0.2, 0) is 6.54 Å². The smallest absolute Gasteiger partial charge is 0.130 e. The summed E-state index contributed by atoms with van der Waals surface area (Å²) in [6.07, 6.45) is 1.81. The molecule has 1 aromatic heterocycles. The summed E-state index contributed by atoms with van der Waals surface area (Å²) >= 11 is 0. The molecule has 0 atom stereocenters. The third kappa shape index (κ3) is 2.87. The van der Waals surface area contributed by atoms with Gasteiger partial charge in [-0.05, 0) is 29.2 Å². The molecule has 0 bridgehead atoms. The van der Waals surface area contributed by atoms with Crippen LogP contribution >= 0.6 is 0 Å². The zero-order valence-corrected chi connectivity index (χ0v) is 10.9. The van der Waals surface area contributed by atoms with E-state index in [1.165, 1.54) is 5.56 Å². The molecule has 3 heteroatoms. The van der Waals surface area contributed by atoms with Gasteiger partial charge in [0, 0.05) is 18.4 Å². The average Bonchev–Trinajstić information content (AvgIpc) is 2.40. The Labute approximate surface area is 108 Å². The number of benzene rings is 1. The molecule has 1 heterocycles. The van der Waals surface area contributed by atoms with Crippen molar-refractivity contribution < 1.29 is 0 Å². The molecule has 0 spiro atoms. The van der Waals surface area contributed by atoms with Crippen LogP contribution in [0, 0.1) is 0 Å². The zero-order valence-electron chi connectivity index (χ0n) is 10.9. The lowest BCUT2D eigenvalue weighted by molar-refractivity contribution is 0.869. The molecular formula is C15H19N3. The highest BCUT2D eigenvalue weighted by atomic mass is 15.0. The number of aromatic nitrogens is 1. The maximum absolute atomic E-state index is 5.56. The van der Waals surface area contributed by atoms with Crippen molar-refractivity contribution in [3.8, 4) is 0 Å². The van der Waals surface area contributed by atoms with Crippen molar-refractivity contribution in [3.63, 3.8) is 0 Å². The fourth-order valence-electron chi connectivity index (χ4n) is 1.87. The van der Waals surface area contributed by atoms with E-state index in [1.54, 1.807) is 6.20 Å². The van der Waals surface area contributed by atoms with Crippen molar-refractivity contribution in [3.05, 3.63) is 53.7 Å². The van der Waals surface area contributed by atoms with Crippen LogP contribution in [-0.4, -0.2) is 4.98 Å². The Bertz CT molecular complexity index is 503. The highest BCUT2D eigenvalue weighted by molar-refractivity contribution is 5.61. The summed E-state index contributed by atoms with van der Waals surface area (Å²) in [7, 11) is 0. The number of nitrogens with two attached hydrogens (primary N) is 1. The van der Waals surface area contributed by atoms with Crippen LogP contribution < -0.4 is 11.1 Å². The van der Waals surface area contributed by atoms with E-state index in [1.807, 2.05) is 18.2 Å². The van der Waals surface area contributed by atoms with Crippen molar-refractivity contribution >= 4 is 11.5 Å². The van der Waals surface area contributed by atoms with Gasteiger partial charge in [0.1, 0.15) is 5.82 Å². The first-order valence-corrected chi connectivity index (χ1v) is 6.21. The van der Waals surface area contributed by atoms with Gasteiger partial charge in [-0.15, -0.1) is 0 Å². The van der Waals surface area contributed by atoms with Crippen molar-refractivity contribution in [1.82, 2.24) is 4.98 Å². The molecule has 94 valence electrons. The number of nitrogens with zero attached hydrogens (tertiary/aromatic N) is 1. The van der Waals surface area contributed by atoms with Crippen LogP contribution in [0.2, 0.25) is 0 Å². The molecule has 0 aliphatic heterocycles. The molecule has 0 aliphatic carbocycles. The number of para-hydroxylation sites is 1. The largest absolute Gasteiger partial charge is 0.340 e. The molecule has 0 unspecified atom stereocenters. The van der Waals surface area contributed by atoms with E-state index >= 15 is 0 Å². The molecule has 0 radical (unpaired) electrons. The molecule has 0 fully saturated rings. The summed E-state index contributed by atoms with van der Waals surface area (Å²) < 4.78 is 0. The lowest BCUT2D eigenvalue weighted by atomic mass is 10.0. The molecule has 2 aromatic rings. The van der Waals surface area contributed by atoms with Crippen molar-refractivity contribution in [2.24, 2.45) is 5.73 Å². The zero-order chi connectivity index (χ0) is 13.0. The minimum absolute atomic E-state index is 0.483. The van der Waals surface area contributed by atoms with E-state index in [0.29, 0.717) is 12.5 Å². The van der Waals surface area contributed by atoms with E-state index in [2.05, 4.69) is 42.3 Å². The van der Waals surface area contributed by atoms with E-state index in [4.69, 9.17) is 5.73 Å². The van der Waals surface area contributed by atoms with Gasteiger partial charge in [-0.25, -0.2) is 4.98 Å². The predicted molar refractivity (Wildman–Crippen MR) is 75.9 cm³/mol. The fourth-order valence-corrected chi connectivity index (χ4v) is 1.87. The van der Waals surface area contributed by atoms with Crippen LogP contribution in [0.3, 0.4) is 0 Å². The fraction of sp³-hybridized carbons (Fsp3) is 0.267. The molecule has 0 aliphatic rings. The van der Waals surface area contributed by atoms with Gasteiger partial charge in [-0.2, -0.15) is 0 Å². The monoisotopic (exact) mass is 241 g/mol. The third-order valence-corrected chi connectivity index (χ3v) is 2.91. The maximum Gasteiger partial charge on any atom is 0.130 e. The Hall–Kier alpha value is -1.87. The average molecular weight is 241 g/mol. The maximum atomic E-state index is 5.56.